The van der Waals surface area contributed by atoms with E-state index in [0.717, 1.165) is 6.54 Å². The van der Waals surface area contributed by atoms with Gasteiger partial charge in [0.1, 0.15) is 0 Å². The first kappa shape index (κ1) is 13.8. The first-order valence-electron chi connectivity index (χ1n) is 5.80. The number of hydrogen-bond acceptors (Lipinski definition) is 4. The molecule has 0 aromatic rings. The summed E-state index contributed by atoms with van der Waals surface area (Å²) >= 11 is 1.95. The zero-order valence-electron chi connectivity index (χ0n) is 10.8. The van der Waals surface area contributed by atoms with Crippen LogP contribution < -0.4 is 5.32 Å². The molecule has 0 bridgehead atoms. The molecule has 16 heavy (non-hydrogen) atoms. The summed E-state index contributed by atoms with van der Waals surface area (Å²) in [4.78, 5) is 11.5. The van der Waals surface area contributed by atoms with E-state index in [1.54, 1.807) is 0 Å². The third-order valence-electron chi connectivity index (χ3n) is 3.45. The summed E-state index contributed by atoms with van der Waals surface area (Å²) in [5.74, 6) is -0.146. The van der Waals surface area contributed by atoms with Crippen LogP contribution in [0.3, 0.4) is 0 Å². The number of rotatable bonds is 6. The first-order chi connectivity index (χ1) is 7.46. The van der Waals surface area contributed by atoms with Gasteiger partial charge in [0, 0.05) is 17.8 Å². The van der Waals surface area contributed by atoms with Crippen molar-refractivity contribution in [3.63, 3.8) is 0 Å². The van der Waals surface area contributed by atoms with E-state index in [4.69, 9.17) is 4.74 Å². The minimum Gasteiger partial charge on any atom is -0.469 e. The minimum absolute atomic E-state index is 0.146. The Hall–Kier alpha value is -0.220. The van der Waals surface area contributed by atoms with Crippen molar-refractivity contribution in [1.82, 2.24) is 5.32 Å². The maximum atomic E-state index is 11.5. The van der Waals surface area contributed by atoms with Gasteiger partial charge in [0.2, 0.25) is 0 Å². The van der Waals surface area contributed by atoms with Gasteiger partial charge in [-0.05, 0) is 32.9 Å². The van der Waals surface area contributed by atoms with E-state index in [2.05, 4.69) is 11.6 Å². The normalized spacial score (nSPS) is 19.0. The maximum Gasteiger partial charge on any atom is 0.312 e. The van der Waals surface area contributed by atoms with E-state index in [9.17, 15) is 4.79 Å². The lowest BCUT2D eigenvalue weighted by atomic mass is 9.83. The largest absolute Gasteiger partial charge is 0.469 e. The Morgan fingerprint density at radius 1 is 1.50 bits per heavy atom. The van der Waals surface area contributed by atoms with Gasteiger partial charge in [-0.25, -0.2) is 0 Å². The number of ether oxygens (including phenoxy) is 1. The molecule has 1 aliphatic carbocycles. The molecule has 1 aliphatic rings. The third kappa shape index (κ3) is 3.14. The zero-order valence-corrected chi connectivity index (χ0v) is 11.6. The van der Waals surface area contributed by atoms with Gasteiger partial charge in [-0.1, -0.05) is 6.42 Å². The standard InChI is InChI=1S/C12H23NO2S/c1-11(2,10(14)15-3)8-13-9-12(16-4)6-5-7-12/h13H,5-9H2,1-4H3. The summed E-state index contributed by atoms with van der Waals surface area (Å²) in [7, 11) is 1.44. The fourth-order valence-electron chi connectivity index (χ4n) is 1.98. The van der Waals surface area contributed by atoms with Crippen molar-refractivity contribution in [1.29, 1.82) is 0 Å². The van der Waals surface area contributed by atoms with Gasteiger partial charge in [-0.3, -0.25) is 4.79 Å². The van der Waals surface area contributed by atoms with Gasteiger partial charge >= 0.3 is 5.97 Å². The van der Waals surface area contributed by atoms with Gasteiger partial charge in [-0.15, -0.1) is 0 Å². The Morgan fingerprint density at radius 2 is 2.12 bits per heavy atom. The molecule has 0 heterocycles. The summed E-state index contributed by atoms with van der Waals surface area (Å²) in [5, 5.41) is 3.41. The van der Waals surface area contributed by atoms with Crippen LogP contribution in [0.1, 0.15) is 33.1 Å². The fraction of sp³-hybridized carbons (Fsp3) is 0.917. The number of nitrogens with one attached hydrogen (secondary N) is 1. The molecule has 0 aromatic heterocycles. The number of hydrogen-bond donors (Lipinski definition) is 1. The molecule has 0 aliphatic heterocycles. The van der Waals surface area contributed by atoms with Gasteiger partial charge in [-0.2, -0.15) is 11.8 Å². The molecule has 0 spiro atoms. The number of carbonyl (C=O) groups excluding carboxylic acids is 1. The Labute approximate surface area is 103 Å². The van der Waals surface area contributed by atoms with Crippen LogP contribution in [0.25, 0.3) is 0 Å². The van der Waals surface area contributed by atoms with Crippen molar-refractivity contribution in [2.75, 3.05) is 26.5 Å². The van der Waals surface area contributed by atoms with Gasteiger partial charge < -0.3 is 10.1 Å². The highest BCUT2D eigenvalue weighted by Crippen LogP contribution is 2.42. The van der Waals surface area contributed by atoms with Gasteiger partial charge in [0.05, 0.1) is 12.5 Å². The van der Waals surface area contributed by atoms with Crippen LogP contribution in [0.5, 0.6) is 0 Å². The Kier molecular flexibility index (Phi) is 4.68. The second-order valence-electron chi connectivity index (χ2n) is 5.22. The average Bonchev–Trinajstić information content (AvgIpc) is 2.20. The van der Waals surface area contributed by atoms with Crippen molar-refractivity contribution in [2.24, 2.45) is 5.41 Å². The average molecular weight is 245 g/mol. The fourth-order valence-corrected chi connectivity index (χ4v) is 2.92. The van der Waals surface area contributed by atoms with Crippen LogP contribution in [-0.2, 0) is 9.53 Å². The molecule has 1 saturated carbocycles. The molecule has 4 heteroatoms. The van der Waals surface area contributed by atoms with Crippen molar-refractivity contribution in [2.45, 2.75) is 37.9 Å². The summed E-state index contributed by atoms with van der Waals surface area (Å²) in [6.45, 7) is 5.51. The summed E-state index contributed by atoms with van der Waals surface area (Å²) in [5.41, 5.74) is -0.432. The van der Waals surface area contributed by atoms with E-state index in [1.165, 1.54) is 26.4 Å². The van der Waals surface area contributed by atoms with Crippen LogP contribution in [0.4, 0.5) is 0 Å². The molecule has 0 radical (unpaired) electrons. The van der Waals surface area contributed by atoms with E-state index < -0.39 is 5.41 Å². The highest BCUT2D eigenvalue weighted by molar-refractivity contribution is 8.00. The predicted octanol–water partition coefficient (Wildman–Crippen LogP) is 2.06. The monoisotopic (exact) mass is 245 g/mol. The van der Waals surface area contributed by atoms with Crippen molar-refractivity contribution >= 4 is 17.7 Å². The number of thioether (sulfide) groups is 1. The highest BCUT2D eigenvalue weighted by atomic mass is 32.2. The van der Waals surface area contributed by atoms with Gasteiger partial charge in [0.15, 0.2) is 0 Å². The minimum atomic E-state index is -0.432. The molecule has 1 N–H and O–H groups in total. The zero-order chi connectivity index (χ0) is 12.2. The van der Waals surface area contributed by atoms with Crippen LogP contribution in [0, 0.1) is 5.41 Å². The summed E-state index contributed by atoms with van der Waals surface area (Å²) in [6, 6.07) is 0. The summed E-state index contributed by atoms with van der Waals surface area (Å²) < 4.78 is 5.20. The molecule has 0 amide bonds. The van der Waals surface area contributed by atoms with Crippen LogP contribution in [-0.4, -0.2) is 37.2 Å². The maximum absolute atomic E-state index is 11.5. The van der Waals surface area contributed by atoms with E-state index in [0.29, 0.717) is 11.3 Å². The Morgan fingerprint density at radius 3 is 2.50 bits per heavy atom. The lowest BCUT2D eigenvalue weighted by Gasteiger charge is -2.41. The molecule has 0 atom stereocenters. The molecule has 1 rings (SSSR count). The number of carbonyl (C=O) groups is 1. The summed E-state index contributed by atoms with van der Waals surface area (Å²) in [6.07, 6.45) is 6.09. The molecule has 0 unspecified atom stereocenters. The van der Waals surface area contributed by atoms with Crippen molar-refractivity contribution in [3.8, 4) is 0 Å². The van der Waals surface area contributed by atoms with E-state index >= 15 is 0 Å². The second kappa shape index (κ2) is 5.41. The smallest absolute Gasteiger partial charge is 0.312 e. The van der Waals surface area contributed by atoms with Crippen molar-refractivity contribution < 1.29 is 9.53 Å². The van der Waals surface area contributed by atoms with Gasteiger partial charge in [0.25, 0.3) is 0 Å². The number of esters is 1. The van der Waals surface area contributed by atoms with Crippen LogP contribution in [0.15, 0.2) is 0 Å². The Bertz CT molecular complexity index is 244. The lowest BCUT2D eigenvalue weighted by molar-refractivity contribution is -0.150. The number of methoxy groups -OCH3 is 1. The van der Waals surface area contributed by atoms with Crippen LogP contribution in [0.2, 0.25) is 0 Å². The molecule has 0 aromatic carbocycles. The van der Waals surface area contributed by atoms with E-state index in [1.807, 2.05) is 25.6 Å². The quantitative estimate of drug-likeness (QED) is 0.727. The Balaban J connectivity index is 2.31. The van der Waals surface area contributed by atoms with Crippen molar-refractivity contribution in [3.05, 3.63) is 0 Å². The SMILES string of the molecule is COC(=O)C(C)(C)CNCC1(SC)CCC1. The topological polar surface area (TPSA) is 38.3 Å². The molecular formula is C12H23NO2S. The highest BCUT2D eigenvalue weighted by Gasteiger charge is 2.36. The molecule has 94 valence electrons. The first-order valence-corrected chi connectivity index (χ1v) is 7.02. The second-order valence-corrected chi connectivity index (χ2v) is 6.49. The third-order valence-corrected chi connectivity index (χ3v) is 4.87. The lowest BCUT2D eigenvalue weighted by Crippen LogP contribution is -2.47. The predicted molar refractivity (Wildman–Crippen MR) is 68.8 cm³/mol. The molecule has 3 nitrogen and oxygen atoms in total. The molecule has 0 saturated heterocycles. The molecule has 1 fully saturated rings. The van der Waals surface area contributed by atoms with E-state index in [-0.39, 0.29) is 5.97 Å². The molecular weight excluding hydrogens is 222 g/mol. The van der Waals surface area contributed by atoms with Crippen LogP contribution >= 0.6 is 11.8 Å².